The number of carboxylic acids is 1. The topological polar surface area (TPSA) is 163 Å². The molecule has 3 heterocycles. The zero-order chi connectivity index (χ0) is 31.2. The highest BCUT2D eigenvalue weighted by molar-refractivity contribution is 7.89. The number of aliphatic carboxylic acids is 1. The van der Waals surface area contributed by atoms with Crippen LogP contribution in [-0.4, -0.2) is 71.1 Å². The number of rotatable bonds is 6. The maximum atomic E-state index is 13.1. The number of hydrogen-bond donors (Lipinski definition) is 4. The summed E-state index contributed by atoms with van der Waals surface area (Å²) in [4.78, 5) is 22.3. The molecule has 0 amide bonds. The number of nitrogens with one attached hydrogen (secondary N) is 2. The van der Waals surface area contributed by atoms with E-state index in [1.807, 2.05) is 37.3 Å². The molecule has 2 aromatic carbocycles. The normalized spacial score (nSPS) is 14.7. The third-order valence-corrected chi connectivity index (χ3v) is 8.93. The number of halogens is 3. The third kappa shape index (κ3) is 8.47. The average molecular weight is 636 g/mol. The Morgan fingerprint density at radius 2 is 1.79 bits per heavy atom. The summed E-state index contributed by atoms with van der Waals surface area (Å²) < 4.78 is 60.5. The molecule has 0 saturated carbocycles. The minimum Gasteiger partial charge on any atom is -0.475 e. The Hall–Kier alpha value is -4.12. The van der Waals surface area contributed by atoms with Crippen LogP contribution in [0.3, 0.4) is 0 Å². The first kappa shape index (κ1) is 31.8. The molecule has 43 heavy (non-hydrogen) atoms. The molecule has 0 unspecified atom stereocenters. The van der Waals surface area contributed by atoms with Gasteiger partial charge in [0.25, 0.3) is 0 Å². The molecule has 16 heteroatoms. The first-order valence-corrected chi connectivity index (χ1v) is 15.1. The van der Waals surface area contributed by atoms with Crippen molar-refractivity contribution in [2.24, 2.45) is 0 Å². The summed E-state index contributed by atoms with van der Waals surface area (Å²) in [5.41, 5.74) is 10.1. The lowest BCUT2D eigenvalue weighted by molar-refractivity contribution is -0.192. The molecule has 0 atom stereocenters. The Morgan fingerprint density at radius 1 is 1.09 bits per heavy atom. The number of benzene rings is 2. The number of nitrogen functional groups attached to an aromatic ring is 1. The molecule has 0 bridgehead atoms. The summed E-state index contributed by atoms with van der Waals surface area (Å²) in [6.07, 6.45) is 3.12. The van der Waals surface area contributed by atoms with Gasteiger partial charge < -0.3 is 21.5 Å². The molecule has 11 nitrogen and oxygen atoms in total. The fourth-order valence-corrected chi connectivity index (χ4v) is 6.36. The Bertz CT molecular complexity index is 1720. The van der Waals surface area contributed by atoms with Gasteiger partial charge in [-0.3, -0.25) is 0 Å². The molecule has 1 fully saturated rings. The van der Waals surface area contributed by atoms with Crippen LogP contribution in [0.4, 0.5) is 29.9 Å². The van der Waals surface area contributed by atoms with Gasteiger partial charge in [0, 0.05) is 43.3 Å². The van der Waals surface area contributed by atoms with Crippen LogP contribution in [0.1, 0.15) is 23.1 Å². The molecule has 4 aromatic rings. The van der Waals surface area contributed by atoms with Crippen LogP contribution in [0.5, 0.6) is 0 Å². The highest BCUT2D eigenvalue weighted by Gasteiger charge is 2.38. The zero-order valence-electron chi connectivity index (χ0n) is 22.8. The van der Waals surface area contributed by atoms with E-state index in [9.17, 15) is 21.6 Å². The van der Waals surface area contributed by atoms with Crippen LogP contribution in [0, 0.1) is 6.92 Å². The van der Waals surface area contributed by atoms with Crippen LogP contribution in [0.2, 0.25) is 0 Å². The molecule has 1 aliphatic heterocycles. The Balaban J connectivity index is 0.000000541. The van der Waals surface area contributed by atoms with Crippen LogP contribution in [0.25, 0.3) is 22.4 Å². The first-order valence-electron chi connectivity index (χ1n) is 12.9. The number of alkyl halides is 3. The maximum Gasteiger partial charge on any atom is 0.490 e. The summed E-state index contributed by atoms with van der Waals surface area (Å²) in [7, 11) is -3.53. The van der Waals surface area contributed by atoms with Gasteiger partial charge in [0.1, 0.15) is 0 Å². The second-order valence-corrected chi connectivity index (χ2v) is 12.4. The van der Waals surface area contributed by atoms with Crippen LogP contribution in [0.15, 0.2) is 53.7 Å². The zero-order valence-corrected chi connectivity index (χ0v) is 24.4. The number of aromatic nitrogens is 3. The first-order chi connectivity index (χ1) is 20.3. The number of carbonyl (C=O) groups is 1. The van der Waals surface area contributed by atoms with Gasteiger partial charge in [-0.15, -0.1) is 0 Å². The fourth-order valence-electron chi connectivity index (χ4n) is 4.01. The Kier molecular flexibility index (Phi) is 9.95. The molecule has 5 N–H and O–H groups in total. The van der Waals surface area contributed by atoms with Gasteiger partial charge in [-0.1, -0.05) is 29.6 Å². The smallest absolute Gasteiger partial charge is 0.475 e. The number of thiazole rings is 1. The van der Waals surface area contributed by atoms with E-state index in [1.165, 1.54) is 11.3 Å². The van der Waals surface area contributed by atoms with Crippen LogP contribution in [-0.2, 0) is 14.8 Å². The van der Waals surface area contributed by atoms with E-state index in [2.05, 4.69) is 25.6 Å². The van der Waals surface area contributed by atoms with Crippen molar-refractivity contribution < 1.29 is 31.5 Å². The average Bonchev–Trinajstić information content (AvgIpc) is 3.13. The molecule has 228 valence electrons. The molecule has 2 aromatic heterocycles. The Morgan fingerprint density at radius 3 is 2.47 bits per heavy atom. The van der Waals surface area contributed by atoms with Crippen molar-refractivity contribution in [1.82, 2.24) is 24.6 Å². The van der Waals surface area contributed by atoms with Gasteiger partial charge in [-0.05, 0) is 61.3 Å². The van der Waals surface area contributed by atoms with Crippen molar-refractivity contribution >= 4 is 66.5 Å². The summed E-state index contributed by atoms with van der Waals surface area (Å²) in [5, 5.41) is 14.1. The number of fused-ring (bicyclic) bond motifs is 1. The second kappa shape index (κ2) is 13.5. The number of nitrogens with zero attached hydrogens (tertiary/aromatic N) is 4. The summed E-state index contributed by atoms with van der Waals surface area (Å²) in [6, 6.07) is 11.1. The van der Waals surface area contributed by atoms with E-state index in [-0.39, 0.29) is 0 Å². The van der Waals surface area contributed by atoms with Crippen LogP contribution < -0.4 is 16.4 Å². The van der Waals surface area contributed by atoms with Crippen molar-refractivity contribution in [2.45, 2.75) is 24.4 Å². The molecule has 0 radical (unpaired) electrons. The number of carboxylic acid groups (broad SMARTS) is 1. The number of anilines is 3. The van der Waals surface area contributed by atoms with E-state index < -0.39 is 22.2 Å². The molecule has 1 aliphatic rings. The van der Waals surface area contributed by atoms with Crippen molar-refractivity contribution in [3.63, 3.8) is 0 Å². The fraction of sp³-hybridized carbons (Fsp3) is 0.259. The van der Waals surface area contributed by atoms with Crippen molar-refractivity contribution in [3.05, 3.63) is 65.5 Å². The van der Waals surface area contributed by atoms with Crippen molar-refractivity contribution in [1.29, 1.82) is 0 Å². The molecule has 0 spiro atoms. The van der Waals surface area contributed by atoms with Gasteiger partial charge in [0.2, 0.25) is 16.0 Å². The lowest BCUT2D eigenvalue weighted by Crippen LogP contribution is -2.34. The third-order valence-electron chi connectivity index (χ3n) is 6.19. The van der Waals surface area contributed by atoms with Gasteiger partial charge >= 0.3 is 12.1 Å². The van der Waals surface area contributed by atoms with Gasteiger partial charge in [0.05, 0.1) is 15.1 Å². The minimum atomic E-state index is -5.08. The predicted molar refractivity (Wildman–Crippen MR) is 159 cm³/mol. The molecule has 1 saturated heterocycles. The minimum absolute atomic E-state index is 0.299. The van der Waals surface area contributed by atoms with Crippen molar-refractivity contribution in [3.8, 4) is 0 Å². The van der Waals surface area contributed by atoms with E-state index in [1.54, 1.807) is 34.9 Å². The highest BCUT2D eigenvalue weighted by atomic mass is 32.2. The molecule has 5 rings (SSSR count). The van der Waals surface area contributed by atoms with Gasteiger partial charge in [-0.2, -0.15) is 17.5 Å². The van der Waals surface area contributed by atoms with E-state index >= 15 is 0 Å². The SMILES string of the molecule is Cc1cc(S(=O)(=O)N2CCCNCC2)ccc1Nc1ncc(C=Cc2ccc3nc(N)sc3c2)cn1.O=C(O)C(F)(F)F. The summed E-state index contributed by atoms with van der Waals surface area (Å²) >= 11 is 1.46. The van der Waals surface area contributed by atoms with Crippen molar-refractivity contribution in [2.75, 3.05) is 37.2 Å². The molecular formula is C27H28F3N7O4S2. The second-order valence-electron chi connectivity index (χ2n) is 9.36. The number of aryl methyl sites for hydroxylation is 1. The molecular weight excluding hydrogens is 607 g/mol. The maximum absolute atomic E-state index is 13.1. The van der Waals surface area contributed by atoms with Crippen LogP contribution >= 0.6 is 11.3 Å². The predicted octanol–water partition coefficient (Wildman–Crippen LogP) is 4.51. The van der Waals surface area contributed by atoms with E-state index in [0.29, 0.717) is 35.6 Å². The number of nitrogens with two attached hydrogens (primary N) is 1. The van der Waals surface area contributed by atoms with Gasteiger partial charge in [0.15, 0.2) is 5.13 Å². The summed E-state index contributed by atoms with van der Waals surface area (Å²) in [6.45, 7) is 4.37. The largest absolute Gasteiger partial charge is 0.490 e. The lowest BCUT2D eigenvalue weighted by atomic mass is 10.2. The standard InChI is InChI=1S/C25H27N7O2S2.C2HF3O2/c1-17-13-20(36(33,34)32-11-2-9-27-10-12-32)6-8-21(17)31-25-28-15-19(16-29-25)4-3-18-5-7-22-23(14-18)35-24(26)30-22;3-2(4,5)1(6)7/h3-8,13-16,27H,2,9-12H2,1H3,(H2,26,30)(H,28,29,31);(H,6,7). The molecule has 0 aliphatic carbocycles. The number of hydrogen-bond acceptors (Lipinski definition) is 10. The Labute approximate surface area is 249 Å². The van der Waals surface area contributed by atoms with Gasteiger partial charge in [-0.25, -0.2) is 28.2 Å². The van der Waals surface area contributed by atoms with E-state index in [0.717, 1.165) is 45.6 Å². The summed E-state index contributed by atoms with van der Waals surface area (Å²) in [5.74, 6) is -2.32. The lowest BCUT2D eigenvalue weighted by Gasteiger charge is -2.20. The monoisotopic (exact) mass is 635 g/mol. The quantitative estimate of drug-likeness (QED) is 0.237. The van der Waals surface area contributed by atoms with E-state index in [4.69, 9.17) is 15.6 Å². The highest BCUT2D eigenvalue weighted by Crippen LogP contribution is 2.26. The number of sulfonamides is 1.